The van der Waals surface area contributed by atoms with Crippen molar-refractivity contribution in [1.29, 1.82) is 0 Å². The molecule has 0 bridgehead atoms. The van der Waals surface area contributed by atoms with E-state index in [0.29, 0.717) is 10.0 Å². The first-order valence-corrected chi connectivity index (χ1v) is 6.93. The lowest BCUT2D eigenvalue weighted by molar-refractivity contribution is 0.574. The van der Waals surface area contributed by atoms with Gasteiger partial charge in [0.15, 0.2) is 0 Å². The van der Waals surface area contributed by atoms with E-state index < -0.39 is 5.82 Å². The van der Waals surface area contributed by atoms with Gasteiger partial charge in [-0.05, 0) is 36.0 Å². The zero-order valence-corrected chi connectivity index (χ0v) is 13.2. The maximum absolute atomic E-state index is 14.3. The van der Waals surface area contributed by atoms with Gasteiger partial charge in [0, 0.05) is 28.8 Å². The molecule has 0 amide bonds. The summed E-state index contributed by atoms with van der Waals surface area (Å²) >= 11 is 9.16. The zero-order chi connectivity index (χ0) is 14.2. The molecule has 0 aliphatic carbocycles. The second-order valence-electron chi connectivity index (χ2n) is 4.33. The van der Waals surface area contributed by atoms with Crippen LogP contribution in [0.2, 0.25) is 5.02 Å². The predicted molar refractivity (Wildman–Crippen MR) is 78.0 cm³/mol. The summed E-state index contributed by atoms with van der Waals surface area (Å²) in [5.41, 5.74) is 2.30. The normalized spacial score (nSPS) is 12.7. The molecule has 0 radical (unpaired) electrons. The van der Waals surface area contributed by atoms with Crippen molar-refractivity contribution < 1.29 is 4.39 Å². The Morgan fingerprint density at radius 3 is 2.63 bits per heavy atom. The highest BCUT2D eigenvalue weighted by atomic mass is 79.9. The van der Waals surface area contributed by atoms with Crippen molar-refractivity contribution in [2.75, 3.05) is 7.05 Å². The van der Waals surface area contributed by atoms with Crippen LogP contribution < -0.4 is 5.32 Å². The Kier molecular flexibility index (Phi) is 4.28. The molecule has 1 aromatic heterocycles. The molecule has 0 aliphatic heterocycles. The molecule has 6 heteroatoms. The van der Waals surface area contributed by atoms with Gasteiger partial charge in [0.2, 0.25) is 0 Å². The van der Waals surface area contributed by atoms with Crippen LogP contribution in [0.25, 0.3) is 0 Å². The van der Waals surface area contributed by atoms with Gasteiger partial charge in [-0.25, -0.2) is 4.39 Å². The SMILES string of the molecule is CNC(c1cn(C)nc1C)c1ccc(Br)c(Cl)c1F. The highest BCUT2D eigenvalue weighted by Crippen LogP contribution is 2.33. The summed E-state index contributed by atoms with van der Waals surface area (Å²) in [7, 11) is 3.63. The van der Waals surface area contributed by atoms with Crippen LogP contribution in [0.1, 0.15) is 22.9 Å². The van der Waals surface area contributed by atoms with Gasteiger partial charge in [-0.1, -0.05) is 17.7 Å². The number of aromatic nitrogens is 2. The van der Waals surface area contributed by atoms with Crippen LogP contribution in [0.4, 0.5) is 4.39 Å². The number of rotatable bonds is 3. The Bertz CT molecular complexity index is 612. The first kappa shape index (κ1) is 14.5. The molecule has 19 heavy (non-hydrogen) atoms. The number of aryl methyl sites for hydroxylation is 2. The van der Waals surface area contributed by atoms with Crippen LogP contribution >= 0.6 is 27.5 Å². The molecule has 2 rings (SSSR count). The molecule has 3 nitrogen and oxygen atoms in total. The van der Waals surface area contributed by atoms with Crippen LogP contribution in [0.15, 0.2) is 22.8 Å². The zero-order valence-electron chi connectivity index (χ0n) is 10.8. The molecule has 1 atom stereocenters. The molecular weight excluding hydrogens is 333 g/mol. The van der Waals surface area contributed by atoms with Crippen LogP contribution in [-0.4, -0.2) is 16.8 Å². The van der Waals surface area contributed by atoms with Gasteiger partial charge in [-0.2, -0.15) is 5.10 Å². The van der Waals surface area contributed by atoms with Crippen LogP contribution in [0.5, 0.6) is 0 Å². The van der Waals surface area contributed by atoms with Crippen molar-refractivity contribution in [3.63, 3.8) is 0 Å². The highest BCUT2D eigenvalue weighted by Gasteiger charge is 2.22. The van der Waals surface area contributed by atoms with Crippen molar-refractivity contribution in [2.45, 2.75) is 13.0 Å². The lowest BCUT2D eigenvalue weighted by Crippen LogP contribution is -2.19. The minimum Gasteiger partial charge on any atom is -0.309 e. The second kappa shape index (κ2) is 5.61. The lowest BCUT2D eigenvalue weighted by atomic mass is 9.99. The first-order chi connectivity index (χ1) is 8.95. The Morgan fingerprint density at radius 2 is 2.11 bits per heavy atom. The quantitative estimate of drug-likeness (QED) is 0.861. The third kappa shape index (κ3) is 2.68. The third-order valence-corrected chi connectivity index (χ3v) is 4.29. The number of benzene rings is 1. The minimum atomic E-state index is -0.418. The molecule has 0 saturated heterocycles. The van der Waals surface area contributed by atoms with E-state index in [1.165, 1.54) is 0 Å². The van der Waals surface area contributed by atoms with Crippen molar-refractivity contribution in [3.8, 4) is 0 Å². The molecule has 1 N–H and O–H groups in total. The summed E-state index contributed by atoms with van der Waals surface area (Å²) in [5, 5.41) is 7.49. The summed E-state index contributed by atoms with van der Waals surface area (Å²) in [6.45, 7) is 1.90. The monoisotopic (exact) mass is 345 g/mol. The van der Waals surface area contributed by atoms with E-state index in [-0.39, 0.29) is 11.1 Å². The Morgan fingerprint density at radius 1 is 1.42 bits per heavy atom. The topological polar surface area (TPSA) is 29.9 Å². The van der Waals surface area contributed by atoms with Gasteiger partial charge in [-0.3, -0.25) is 4.68 Å². The van der Waals surface area contributed by atoms with E-state index >= 15 is 0 Å². The fourth-order valence-corrected chi connectivity index (χ4v) is 2.62. The molecule has 0 aliphatic rings. The van der Waals surface area contributed by atoms with E-state index in [4.69, 9.17) is 11.6 Å². The molecule has 102 valence electrons. The molecule has 1 heterocycles. The van der Waals surface area contributed by atoms with Gasteiger partial charge >= 0.3 is 0 Å². The largest absolute Gasteiger partial charge is 0.309 e. The van der Waals surface area contributed by atoms with Crippen LogP contribution in [0, 0.1) is 12.7 Å². The highest BCUT2D eigenvalue weighted by molar-refractivity contribution is 9.10. The van der Waals surface area contributed by atoms with Gasteiger partial charge in [0.25, 0.3) is 0 Å². The van der Waals surface area contributed by atoms with Crippen LogP contribution in [0.3, 0.4) is 0 Å². The number of hydrogen-bond acceptors (Lipinski definition) is 2. The van der Waals surface area contributed by atoms with Crippen LogP contribution in [-0.2, 0) is 7.05 Å². The molecule has 1 aromatic carbocycles. The fourth-order valence-electron chi connectivity index (χ4n) is 2.14. The summed E-state index contributed by atoms with van der Waals surface area (Å²) in [6.07, 6.45) is 1.88. The average molecular weight is 347 g/mol. The van der Waals surface area contributed by atoms with Crippen molar-refractivity contribution in [2.24, 2.45) is 7.05 Å². The molecule has 0 fully saturated rings. The predicted octanol–water partition coefficient (Wildman–Crippen LogP) is 3.59. The Labute approximate surface area is 124 Å². The summed E-state index contributed by atoms with van der Waals surface area (Å²) in [6, 6.07) is 3.19. The average Bonchev–Trinajstić information content (AvgIpc) is 2.69. The van der Waals surface area contributed by atoms with E-state index in [0.717, 1.165) is 11.3 Å². The first-order valence-electron chi connectivity index (χ1n) is 5.76. The molecule has 0 spiro atoms. The van der Waals surface area contributed by atoms with Gasteiger partial charge in [-0.15, -0.1) is 0 Å². The van der Waals surface area contributed by atoms with E-state index in [9.17, 15) is 4.39 Å². The van der Waals surface area contributed by atoms with E-state index in [2.05, 4.69) is 26.3 Å². The molecule has 1 unspecified atom stereocenters. The smallest absolute Gasteiger partial charge is 0.148 e. The van der Waals surface area contributed by atoms with Gasteiger partial charge in [0.1, 0.15) is 5.82 Å². The Hall–Kier alpha value is -0.910. The third-order valence-electron chi connectivity index (χ3n) is 3.03. The number of hydrogen-bond donors (Lipinski definition) is 1. The number of nitrogens with one attached hydrogen (secondary N) is 1. The summed E-state index contributed by atoms with van der Waals surface area (Å²) < 4.78 is 16.6. The minimum absolute atomic E-state index is 0.0966. The van der Waals surface area contributed by atoms with Crippen molar-refractivity contribution in [3.05, 3.63) is 50.5 Å². The summed E-state index contributed by atoms with van der Waals surface area (Å²) in [4.78, 5) is 0. The van der Waals surface area contributed by atoms with Crippen molar-refractivity contribution in [1.82, 2.24) is 15.1 Å². The fraction of sp³-hybridized carbons (Fsp3) is 0.308. The molecular formula is C13H14BrClFN3. The lowest BCUT2D eigenvalue weighted by Gasteiger charge is -2.18. The molecule has 0 saturated carbocycles. The number of nitrogens with zero attached hydrogens (tertiary/aromatic N) is 2. The second-order valence-corrected chi connectivity index (χ2v) is 5.56. The van der Waals surface area contributed by atoms with E-state index in [1.54, 1.807) is 23.9 Å². The van der Waals surface area contributed by atoms with E-state index in [1.807, 2.05) is 20.2 Å². The maximum Gasteiger partial charge on any atom is 0.148 e. The summed E-state index contributed by atoms with van der Waals surface area (Å²) in [5.74, 6) is -0.418. The standard InChI is InChI=1S/C13H14BrClFN3/c1-7-9(6-19(3)18-7)13(17-2)8-4-5-10(14)11(15)12(8)16/h4-6,13,17H,1-3H3. The van der Waals surface area contributed by atoms with Gasteiger partial charge in [0.05, 0.1) is 16.8 Å². The van der Waals surface area contributed by atoms with Crippen molar-refractivity contribution >= 4 is 27.5 Å². The van der Waals surface area contributed by atoms with Gasteiger partial charge < -0.3 is 5.32 Å². The number of halogens is 3. The maximum atomic E-state index is 14.3. The Balaban J connectivity index is 2.54. The molecule has 2 aromatic rings.